The predicted octanol–water partition coefficient (Wildman–Crippen LogP) is 2.31. The highest BCUT2D eigenvalue weighted by atomic mass is 35.5. The average Bonchev–Trinajstić information content (AvgIpc) is 1.98. The van der Waals surface area contributed by atoms with Crippen molar-refractivity contribution in [3.05, 3.63) is 0 Å². The lowest BCUT2D eigenvalue weighted by atomic mass is 10.8. The Morgan fingerprint density at radius 2 is 2.00 bits per heavy atom. The Bertz CT molecular complexity index is 158. The first-order chi connectivity index (χ1) is 5.62. The first kappa shape index (κ1) is 16.2. The van der Waals surface area contributed by atoms with E-state index < -0.39 is 6.80 Å². The third-order valence-corrected chi connectivity index (χ3v) is 4.08. The van der Waals surface area contributed by atoms with Crippen LogP contribution in [-0.4, -0.2) is 30.5 Å². The second kappa shape index (κ2) is 9.31. The van der Waals surface area contributed by atoms with Crippen LogP contribution in [0.3, 0.4) is 0 Å². The molecule has 0 amide bonds. The van der Waals surface area contributed by atoms with Gasteiger partial charge in [-0.05, 0) is 25.2 Å². The van der Waals surface area contributed by atoms with E-state index in [1.165, 1.54) is 0 Å². The molecule has 0 radical (unpaired) electrons. The van der Waals surface area contributed by atoms with Crippen molar-refractivity contribution in [3.63, 3.8) is 0 Å². The molecule has 0 fully saturated rings. The molecule has 7 heteroatoms. The van der Waals surface area contributed by atoms with Crippen LogP contribution in [0.2, 0.25) is 0 Å². The maximum atomic E-state index is 11.0. The van der Waals surface area contributed by atoms with Crippen LogP contribution in [0.4, 0.5) is 0 Å². The molecular formula is C6H16ClO4PS. The monoisotopic (exact) mass is 250 g/mol. The van der Waals surface area contributed by atoms with E-state index in [9.17, 15) is 4.57 Å². The molecule has 4 nitrogen and oxygen atoms in total. The third kappa shape index (κ3) is 10.7. The largest absolute Gasteiger partial charge is 0.386 e. The molecule has 1 unspecified atom stereocenters. The van der Waals surface area contributed by atoms with Crippen LogP contribution in [0.1, 0.15) is 13.8 Å². The molecule has 0 bridgehead atoms. The summed E-state index contributed by atoms with van der Waals surface area (Å²) in [4.78, 5) is 9.05. The van der Waals surface area contributed by atoms with E-state index in [0.717, 1.165) is 11.4 Å². The number of rotatable bonds is 7. The van der Waals surface area contributed by atoms with Crippen molar-refractivity contribution in [2.24, 2.45) is 0 Å². The number of halogens is 1. The van der Waals surface area contributed by atoms with Gasteiger partial charge in [-0.3, -0.25) is 0 Å². The van der Waals surface area contributed by atoms with Gasteiger partial charge in [0, 0.05) is 12.4 Å². The zero-order valence-electron chi connectivity index (χ0n) is 7.76. The van der Waals surface area contributed by atoms with Gasteiger partial charge in [0.1, 0.15) is 0 Å². The van der Waals surface area contributed by atoms with E-state index >= 15 is 0 Å². The van der Waals surface area contributed by atoms with Gasteiger partial charge in [-0.15, -0.1) is 12.4 Å². The van der Waals surface area contributed by atoms with Crippen molar-refractivity contribution in [2.45, 2.75) is 13.8 Å². The third-order valence-electron chi connectivity index (χ3n) is 0.978. The van der Waals surface area contributed by atoms with E-state index in [0.29, 0.717) is 19.0 Å². The van der Waals surface area contributed by atoms with Crippen LogP contribution in [0, 0.1) is 0 Å². The van der Waals surface area contributed by atoms with Gasteiger partial charge in [0.05, 0.1) is 13.2 Å². The minimum atomic E-state index is -3.40. The molecular weight excluding hydrogens is 235 g/mol. The minimum Gasteiger partial charge on any atom is -0.381 e. The van der Waals surface area contributed by atoms with Crippen LogP contribution in [0.25, 0.3) is 0 Å². The van der Waals surface area contributed by atoms with Crippen LogP contribution in [-0.2, 0) is 13.8 Å². The van der Waals surface area contributed by atoms with Crippen molar-refractivity contribution in [1.29, 1.82) is 0 Å². The van der Waals surface area contributed by atoms with Gasteiger partial charge in [-0.1, -0.05) is 0 Å². The summed E-state index contributed by atoms with van der Waals surface area (Å²) in [6.45, 7) is 1.55. The summed E-state index contributed by atoms with van der Waals surface area (Å²) in [7, 11) is 0. The first-order valence-corrected chi connectivity index (χ1v) is 6.98. The second-order valence-corrected chi connectivity index (χ2v) is 5.94. The molecule has 0 aromatic rings. The summed E-state index contributed by atoms with van der Waals surface area (Å²) in [5.41, 5.74) is 0. The van der Waals surface area contributed by atoms with Gasteiger partial charge in [-0.2, -0.15) is 0 Å². The van der Waals surface area contributed by atoms with Gasteiger partial charge in [0.25, 0.3) is 0 Å². The van der Waals surface area contributed by atoms with Crippen LogP contribution < -0.4 is 0 Å². The Morgan fingerprint density at radius 3 is 2.46 bits per heavy atom. The Balaban J connectivity index is 0. The SMILES string of the molecule is CCOCCSP(=O)(O)OCC.Cl. The molecule has 0 aromatic carbocycles. The first-order valence-electron chi connectivity index (χ1n) is 3.82. The Labute approximate surface area is 89.1 Å². The lowest BCUT2D eigenvalue weighted by Gasteiger charge is -2.08. The summed E-state index contributed by atoms with van der Waals surface area (Å²) >= 11 is 0.907. The standard InChI is InChI=1S/C6H15O4PS.ClH/c1-3-9-5-6-12-11(7,8)10-4-2;/h3-6H2,1-2H3,(H,7,8);1H. The van der Waals surface area contributed by atoms with Crippen LogP contribution in [0.5, 0.6) is 0 Å². The fraction of sp³-hybridized carbons (Fsp3) is 1.00. The molecule has 0 heterocycles. The molecule has 0 saturated carbocycles. The molecule has 0 aliphatic heterocycles. The van der Waals surface area contributed by atoms with Gasteiger partial charge < -0.3 is 14.2 Å². The highest BCUT2D eigenvalue weighted by molar-refractivity contribution is 8.54. The van der Waals surface area contributed by atoms with Gasteiger partial charge in [0.15, 0.2) is 0 Å². The van der Waals surface area contributed by atoms with Crippen molar-refractivity contribution >= 4 is 30.6 Å². The highest BCUT2D eigenvalue weighted by Gasteiger charge is 2.18. The lowest BCUT2D eigenvalue weighted by molar-refractivity contribution is 0.164. The minimum absolute atomic E-state index is 0. The smallest absolute Gasteiger partial charge is 0.381 e. The normalized spacial score (nSPS) is 14.7. The van der Waals surface area contributed by atoms with Gasteiger partial charge in [0.2, 0.25) is 0 Å². The van der Waals surface area contributed by atoms with Crippen molar-refractivity contribution < 1.29 is 18.7 Å². The zero-order chi connectivity index (χ0) is 9.45. The fourth-order valence-electron chi connectivity index (χ4n) is 0.556. The molecule has 0 spiro atoms. The molecule has 13 heavy (non-hydrogen) atoms. The predicted molar refractivity (Wildman–Crippen MR) is 57.7 cm³/mol. The van der Waals surface area contributed by atoms with E-state index in [-0.39, 0.29) is 19.0 Å². The molecule has 1 N–H and O–H groups in total. The van der Waals surface area contributed by atoms with E-state index in [1.54, 1.807) is 6.92 Å². The van der Waals surface area contributed by atoms with Crippen LogP contribution >= 0.6 is 30.6 Å². The highest BCUT2D eigenvalue weighted by Crippen LogP contribution is 2.55. The molecule has 0 saturated heterocycles. The van der Waals surface area contributed by atoms with Crippen LogP contribution in [0.15, 0.2) is 0 Å². The summed E-state index contributed by atoms with van der Waals surface area (Å²) in [6, 6.07) is 0. The molecule has 82 valence electrons. The van der Waals surface area contributed by atoms with E-state index in [1.807, 2.05) is 6.92 Å². The number of ether oxygens (including phenoxy) is 1. The topological polar surface area (TPSA) is 55.8 Å². The second-order valence-electron chi connectivity index (χ2n) is 1.92. The molecule has 0 rings (SSSR count). The fourth-order valence-corrected chi connectivity index (χ4v) is 2.84. The lowest BCUT2D eigenvalue weighted by Crippen LogP contribution is -1.96. The maximum Gasteiger partial charge on any atom is 0.386 e. The molecule has 0 aliphatic carbocycles. The summed E-state index contributed by atoms with van der Waals surface area (Å²) in [5.74, 6) is 0.488. The van der Waals surface area contributed by atoms with Crippen molar-refractivity contribution in [3.8, 4) is 0 Å². The van der Waals surface area contributed by atoms with Gasteiger partial charge in [-0.25, -0.2) is 4.57 Å². The Morgan fingerprint density at radius 1 is 1.38 bits per heavy atom. The van der Waals surface area contributed by atoms with E-state index in [4.69, 9.17) is 9.63 Å². The molecule has 1 atom stereocenters. The van der Waals surface area contributed by atoms with Gasteiger partial charge >= 0.3 is 6.80 Å². The number of hydrogen-bond donors (Lipinski definition) is 1. The Kier molecular flexibility index (Phi) is 11.6. The maximum absolute atomic E-state index is 11.0. The summed E-state index contributed by atoms with van der Waals surface area (Å²) in [5, 5.41) is 0. The molecule has 0 aromatic heterocycles. The Hall–Kier alpha value is 0.750. The summed E-state index contributed by atoms with van der Waals surface area (Å²) < 4.78 is 20.6. The van der Waals surface area contributed by atoms with Crippen molar-refractivity contribution in [2.75, 3.05) is 25.6 Å². The quantitative estimate of drug-likeness (QED) is 0.555. The average molecular weight is 251 g/mol. The van der Waals surface area contributed by atoms with E-state index in [2.05, 4.69) is 4.52 Å². The number of hydrogen-bond acceptors (Lipinski definition) is 4. The summed E-state index contributed by atoms with van der Waals surface area (Å²) in [6.07, 6.45) is 0. The van der Waals surface area contributed by atoms with Crippen molar-refractivity contribution in [1.82, 2.24) is 0 Å². The zero-order valence-corrected chi connectivity index (χ0v) is 10.3. The molecule has 0 aliphatic rings.